The van der Waals surface area contributed by atoms with Gasteiger partial charge in [-0.15, -0.1) is 11.3 Å². The molecule has 7 heteroatoms. The van der Waals surface area contributed by atoms with E-state index in [4.69, 9.17) is 0 Å². The van der Waals surface area contributed by atoms with Gasteiger partial charge in [0.1, 0.15) is 4.90 Å². The van der Waals surface area contributed by atoms with Crippen LogP contribution in [-0.4, -0.2) is 21.5 Å². The molecule has 4 nitrogen and oxygen atoms in total. The third-order valence-corrected chi connectivity index (χ3v) is 6.08. The highest BCUT2D eigenvalue weighted by atomic mass is 79.9. The lowest BCUT2D eigenvalue weighted by Crippen LogP contribution is -2.24. The van der Waals surface area contributed by atoms with Crippen LogP contribution < -0.4 is 10.0 Å². The summed E-state index contributed by atoms with van der Waals surface area (Å²) in [4.78, 5) is 1.36. The summed E-state index contributed by atoms with van der Waals surface area (Å²) >= 11 is 4.78. The van der Waals surface area contributed by atoms with Crippen LogP contribution in [0.25, 0.3) is 0 Å². The van der Waals surface area contributed by atoms with Crippen molar-refractivity contribution >= 4 is 37.3 Å². The molecule has 1 aromatic heterocycles. The van der Waals surface area contributed by atoms with E-state index in [0.29, 0.717) is 21.8 Å². The van der Waals surface area contributed by atoms with E-state index in [1.807, 2.05) is 13.8 Å². The topological polar surface area (TPSA) is 58.2 Å². The molecule has 0 saturated carbocycles. The van der Waals surface area contributed by atoms with Crippen LogP contribution in [0.3, 0.4) is 0 Å². The van der Waals surface area contributed by atoms with Gasteiger partial charge in [-0.05, 0) is 35.0 Å². The minimum atomic E-state index is -3.38. The first-order chi connectivity index (χ1) is 8.51. The standard InChI is InChI=1S/C11H19BrN2O2S2/c1-3-5-6-14-18(15,16)10-7-9(8-13-4-2)17-11(10)12/h7,13-14H,3-6,8H2,1-2H3. The van der Waals surface area contributed by atoms with Gasteiger partial charge in [0.05, 0.1) is 3.79 Å². The normalized spacial score (nSPS) is 11.9. The number of halogens is 1. The molecular formula is C11H19BrN2O2S2. The van der Waals surface area contributed by atoms with Gasteiger partial charge in [-0.3, -0.25) is 0 Å². The van der Waals surface area contributed by atoms with Gasteiger partial charge < -0.3 is 5.32 Å². The van der Waals surface area contributed by atoms with E-state index >= 15 is 0 Å². The Hall–Kier alpha value is 0.0500. The molecule has 0 aliphatic heterocycles. The zero-order chi connectivity index (χ0) is 13.6. The second-order valence-corrected chi connectivity index (χ2v) is 8.07. The van der Waals surface area contributed by atoms with Crippen LogP contribution >= 0.6 is 27.3 Å². The Bertz CT molecular complexity index is 471. The van der Waals surface area contributed by atoms with Gasteiger partial charge in [0.15, 0.2) is 0 Å². The number of rotatable bonds is 8. The molecule has 1 aromatic rings. The molecule has 1 rings (SSSR count). The molecular weight excluding hydrogens is 336 g/mol. The van der Waals surface area contributed by atoms with Gasteiger partial charge >= 0.3 is 0 Å². The molecule has 0 spiro atoms. The van der Waals surface area contributed by atoms with E-state index in [1.54, 1.807) is 6.07 Å². The van der Waals surface area contributed by atoms with Crippen LogP contribution in [0, 0.1) is 0 Å². The molecule has 0 unspecified atom stereocenters. The molecule has 0 saturated heterocycles. The van der Waals surface area contributed by atoms with Gasteiger partial charge in [-0.25, -0.2) is 13.1 Å². The van der Waals surface area contributed by atoms with E-state index in [9.17, 15) is 8.42 Å². The van der Waals surface area contributed by atoms with Crippen molar-refractivity contribution in [2.75, 3.05) is 13.1 Å². The van der Waals surface area contributed by atoms with Gasteiger partial charge in [0.2, 0.25) is 10.0 Å². The predicted octanol–water partition coefficient (Wildman–Crippen LogP) is 2.70. The highest BCUT2D eigenvalue weighted by Gasteiger charge is 2.20. The van der Waals surface area contributed by atoms with Gasteiger partial charge in [-0.1, -0.05) is 20.3 Å². The summed E-state index contributed by atoms with van der Waals surface area (Å²) in [6, 6.07) is 1.73. The molecule has 2 N–H and O–H groups in total. The lowest BCUT2D eigenvalue weighted by Gasteiger charge is -2.04. The molecule has 104 valence electrons. The molecule has 0 fully saturated rings. The minimum absolute atomic E-state index is 0.344. The maximum absolute atomic E-state index is 12.1. The number of thiophene rings is 1. The van der Waals surface area contributed by atoms with Crippen molar-refractivity contribution in [3.8, 4) is 0 Å². The molecule has 0 aliphatic rings. The third kappa shape index (κ3) is 4.62. The molecule has 18 heavy (non-hydrogen) atoms. The molecule has 0 atom stereocenters. The molecule has 0 aliphatic carbocycles. The van der Waals surface area contributed by atoms with Gasteiger partial charge in [0.25, 0.3) is 0 Å². The van der Waals surface area contributed by atoms with E-state index in [2.05, 4.69) is 26.0 Å². The van der Waals surface area contributed by atoms with Crippen LogP contribution in [0.15, 0.2) is 14.7 Å². The largest absolute Gasteiger partial charge is 0.312 e. The molecule has 0 amide bonds. The number of nitrogens with one attached hydrogen (secondary N) is 2. The lowest BCUT2D eigenvalue weighted by molar-refractivity contribution is 0.578. The number of hydrogen-bond acceptors (Lipinski definition) is 4. The number of unbranched alkanes of at least 4 members (excludes halogenated alkanes) is 1. The molecule has 0 aromatic carbocycles. The predicted molar refractivity (Wildman–Crippen MR) is 79.5 cm³/mol. The van der Waals surface area contributed by atoms with Crippen LogP contribution in [-0.2, 0) is 16.6 Å². The van der Waals surface area contributed by atoms with E-state index in [-0.39, 0.29) is 0 Å². The van der Waals surface area contributed by atoms with Gasteiger partial charge in [-0.2, -0.15) is 0 Å². The van der Waals surface area contributed by atoms with Crippen LogP contribution in [0.5, 0.6) is 0 Å². The van der Waals surface area contributed by atoms with Crippen LogP contribution in [0.4, 0.5) is 0 Å². The zero-order valence-corrected chi connectivity index (χ0v) is 13.8. The summed E-state index contributed by atoms with van der Waals surface area (Å²) in [5.41, 5.74) is 0. The summed E-state index contributed by atoms with van der Waals surface area (Å²) < 4.78 is 27.4. The van der Waals surface area contributed by atoms with Crippen LogP contribution in [0.1, 0.15) is 31.6 Å². The quantitative estimate of drug-likeness (QED) is 0.705. The van der Waals surface area contributed by atoms with Crippen molar-refractivity contribution in [1.82, 2.24) is 10.0 Å². The average molecular weight is 355 g/mol. The summed E-state index contributed by atoms with van der Waals surface area (Å²) in [5, 5.41) is 3.18. The molecule has 1 heterocycles. The fourth-order valence-corrected chi connectivity index (χ4v) is 5.10. The highest BCUT2D eigenvalue weighted by Crippen LogP contribution is 2.31. The smallest absolute Gasteiger partial charge is 0.242 e. The van der Waals surface area contributed by atoms with E-state index < -0.39 is 10.0 Å². The fourth-order valence-electron chi connectivity index (χ4n) is 1.38. The summed E-state index contributed by atoms with van der Waals surface area (Å²) in [5.74, 6) is 0. The number of sulfonamides is 1. The first kappa shape index (κ1) is 16.1. The van der Waals surface area contributed by atoms with Crippen molar-refractivity contribution in [1.29, 1.82) is 0 Å². The number of hydrogen-bond donors (Lipinski definition) is 2. The maximum Gasteiger partial charge on any atom is 0.242 e. The van der Waals surface area contributed by atoms with Crippen molar-refractivity contribution in [2.24, 2.45) is 0 Å². The summed E-state index contributed by atoms with van der Waals surface area (Å²) in [6.07, 6.45) is 1.82. The zero-order valence-electron chi connectivity index (χ0n) is 10.6. The molecule has 0 radical (unpaired) electrons. The van der Waals surface area contributed by atoms with E-state index in [0.717, 1.165) is 24.3 Å². The Morgan fingerprint density at radius 1 is 1.39 bits per heavy atom. The highest BCUT2D eigenvalue weighted by molar-refractivity contribution is 9.11. The van der Waals surface area contributed by atoms with Crippen molar-refractivity contribution in [2.45, 2.75) is 38.1 Å². The summed E-state index contributed by atoms with van der Waals surface area (Å²) in [7, 11) is -3.38. The fraction of sp³-hybridized carbons (Fsp3) is 0.636. The monoisotopic (exact) mass is 354 g/mol. The first-order valence-corrected chi connectivity index (χ1v) is 9.09. The average Bonchev–Trinajstić information content (AvgIpc) is 2.69. The second-order valence-electron chi connectivity index (χ2n) is 3.88. The Kier molecular flexibility index (Phi) is 6.79. The molecule has 0 bridgehead atoms. The second kappa shape index (κ2) is 7.59. The van der Waals surface area contributed by atoms with Gasteiger partial charge in [0, 0.05) is 18.0 Å². The van der Waals surface area contributed by atoms with Crippen molar-refractivity contribution in [3.63, 3.8) is 0 Å². The SMILES string of the molecule is CCCCNS(=O)(=O)c1cc(CNCC)sc1Br. The third-order valence-electron chi connectivity index (χ3n) is 2.37. The van der Waals surface area contributed by atoms with Crippen LogP contribution in [0.2, 0.25) is 0 Å². The van der Waals surface area contributed by atoms with Crippen molar-refractivity contribution in [3.05, 3.63) is 14.7 Å². The lowest BCUT2D eigenvalue weighted by atomic mass is 10.3. The Morgan fingerprint density at radius 2 is 2.11 bits per heavy atom. The van der Waals surface area contributed by atoms with Crippen molar-refractivity contribution < 1.29 is 8.42 Å². The van der Waals surface area contributed by atoms with E-state index in [1.165, 1.54) is 11.3 Å². The summed E-state index contributed by atoms with van der Waals surface area (Å²) in [6.45, 7) is 6.11. The Labute approximate surface area is 121 Å². The Balaban J connectivity index is 2.78. The first-order valence-electron chi connectivity index (χ1n) is 5.99. The maximum atomic E-state index is 12.1. The Morgan fingerprint density at radius 3 is 2.72 bits per heavy atom. The minimum Gasteiger partial charge on any atom is -0.312 e.